The van der Waals surface area contributed by atoms with Gasteiger partial charge in [0.1, 0.15) is 0 Å². The predicted octanol–water partition coefficient (Wildman–Crippen LogP) is 2.12. The van der Waals surface area contributed by atoms with Gasteiger partial charge in [-0.1, -0.05) is 6.42 Å². The van der Waals surface area contributed by atoms with E-state index < -0.39 is 10.0 Å². The summed E-state index contributed by atoms with van der Waals surface area (Å²) in [6, 6.07) is 0. The summed E-state index contributed by atoms with van der Waals surface area (Å²) in [7, 11) is -3.22. The first-order valence-corrected chi connectivity index (χ1v) is 11.6. The molecule has 0 bridgehead atoms. The number of guanidine groups is 1. The van der Waals surface area contributed by atoms with Crippen molar-refractivity contribution in [2.45, 2.75) is 44.8 Å². The molecule has 2 rings (SSSR count). The predicted molar refractivity (Wildman–Crippen MR) is 119 cm³/mol. The van der Waals surface area contributed by atoms with Gasteiger partial charge >= 0.3 is 0 Å². The molecule has 2 N–H and O–H groups in total. The van der Waals surface area contributed by atoms with Gasteiger partial charge < -0.3 is 10.2 Å². The highest BCUT2D eigenvalue weighted by Crippen LogP contribution is 2.29. The molecule has 1 saturated carbocycles. The van der Waals surface area contributed by atoms with Crippen LogP contribution in [0.2, 0.25) is 0 Å². The van der Waals surface area contributed by atoms with E-state index in [0.29, 0.717) is 19.0 Å². The van der Waals surface area contributed by atoms with Crippen LogP contribution in [0.5, 0.6) is 0 Å². The number of hydrogen-bond donors (Lipinski definition) is 2. The summed E-state index contributed by atoms with van der Waals surface area (Å²) >= 11 is 1.97. The summed E-state index contributed by atoms with van der Waals surface area (Å²) in [6.07, 6.45) is 3.52. The number of halogens is 1. The molecular weight excluding hydrogens is 471 g/mol. The maximum absolute atomic E-state index is 12.1. The Kier molecular flexibility index (Phi) is 9.84. The van der Waals surface area contributed by atoms with Crippen molar-refractivity contribution in [2.24, 2.45) is 10.9 Å². The number of nitrogens with one attached hydrogen (secondary N) is 2. The fourth-order valence-corrected chi connectivity index (χ4v) is 4.99. The molecule has 0 radical (unpaired) electrons. The Morgan fingerprint density at radius 1 is 1.36 bits per heavy atom. The van der Waals surface area contributed by atoms with Gasteiger partial charge in [-0.2, -0.15) is 11.8 Å². The SMILES string of the molecule is CCNC(=NCCS(=O)(=O)NCC1CCC1)N1CCSC(C)(C)C1.I. The topological polar surface area (TPSA) is 73.8 Å². The molecule has 25 heavy (non-hydrogen) atoms. The normalized spacial score (nSPS) is 21.4. The van der Waals surface area contributed by atoms with E-state index in [9.17, 15) is 8.42 Å². The van der Waals surface area contributed by atoms with Crippen molar-refractivity contribution in [1.29, 1.82) is 0 Å². The minimum atomic E-state index is -3.22. The summed E-state index contributed by atoms with van der Waals surface area (Å²) in [5, 5.41) is 3.30. The fraction of sp³-hybridized carbons (Fsp3) is 0.938. The molecule has 0 aromatic rings. The van der Waals surface area contributed by atoms with Crippen LogP contribution >= 0.6 is 35.7 Å². The highest BCUT2D eigenvalue weighted by atomic mass is 127. The molecule has 0 atom stereocenters. The van der Waals surface area contributed by atoms with Gasteiger partial charge in [0, 0.05) is 36.7 Å². The van der Waals surface area contributed by atoms with Crippen LogP contribution in [-0.4, -0.2) is 68.3 Å². The van der Waals surface area contributed by atoms with Gasteiger partial charge in [-0.15, -0.1) is 24.0 Å². The Labute approximate surface area is 174 Å². The quantitative estimate of drug-likeness (QED) is 0.316. The number of nitrogens with zero attached hydrogens (tertiary/aromatic N) is 2. The van der Waals surface area contributed by atoms with Gasteiger partial charge in [-0.05, 0) is 39.5 Å². The second-order valence-corrected chi connectivity index (χ2v) is 11.0. The summed E-state index contributed by atoms with van der Waals surface area (Å²) in [5.41, 5.74) is 0. The lowest BCUT2D eigenvalue weighted by Gasteiger charge is -2.39. The van der Waals surface area contributed by atoms with Gasteiger partial charge in [0.05, 0.1) is 12.3 Å². The molecule has 9 heteroatoms. The zero-order valence-electron chi connectivity index (χ0n) is 15.6. The summed E-state index contributed by atoms with van der Waals surface area (Å²) in [4.78, 5) is 6.80. The van der Waals surface area contributed by atoms with E-state index in [2.05, 4.69) is 33.8 Å². The number of hydrogen-bond acceptors (Lipinski definition) is 4. The van der Waals surface area contributed by atoms with Gasteiger partial charge in [0.2, 0.25) is 10.0 Å². The molecule has 0 aromatic carbocycles. The standard InChI is InChI=1S/C16H32N4O2S2.HI/c1-4-17-15(20-9-10-23-16(2,3)13-20)18-8-11-24(21,22)19-12-14-6-5-7-14;/h14,19H,4-13H2,1-3H3,(H,17,18);1H. The lowest BCUT2D eigenvalue weighted by molar-refractivity contribution is 0.316. The molecule has 6 nitrogen and oxygen atoms in total. The lowest BCUT2D eigenvalue weighted by atomic mass is 9.86. The van der Waals surface area contributed by atoms with Crippen LogP contribution in [0.4, 0.5) is 0 Å². The largest absolute Gasteiger partial charge is 0.357 e. The number of rotatable bonds is 7. The first-order valence-electron chi connectivity index (χ1n) is 8.96. The number of sulfonamides is 1. The molecule has 0 spiro atoms. The fourth-order valence-electron chi connectivity index (χ4n) is 2.91. The van der Waals surface area contributed by atoms with E-state index in [4.69, 9.17) is 0 Å². The van der Waals surface area contributed by atoms with Crippen molar-refractivity contribution in [3.05, 3.63) is 0 Å². The zero-order valence-corrected chi connectivity index (χ0v) is 19.5. The Morgan fingerprint density at radius 2 is 2.08 bits per heavy atom. The van der Waals surface area contributed by atoms with E-state index >= 15 is 0 Å². The molecule has 2 aliphatic rings. The Balaban J connectivity index is 0.00000312. The van der Waals surface area contributed by atoms with Crippen LogP contribution in [0.15, 0.2) is 4.99 Å². The summed E-state index contributed by atoms with van der Waals surface area (Å²) < 4.78 is 27.1. The third-order valence-electron chi connectivity index (χ3n) is 4.50. The molecule has 148 valence electrons. The van der Waals surface area contributed by atoms with Gasteiger partial charge in [0.15, 0.2) is 5.96 Å². The average Bonchev–Trinajstić information content (AvgIpc) is 2.43. The first-order chi connectivity index (χ1) is 11.3. The highest BCUT2D eigenvalue weighted by molar-refractivity contribution is 14.0. The molecule has 0 amide bonds. The lowest BCUT2D eigenvalue weighted by Crippen LogP contribution is -2.51. The maximum atomic E-state index is 12.1. The van der Waals surface area contributed by atoms with Gasteiger partial charge in [0.25, 0.3) is 0 Å². The molecule has 1 heterocycles. The van der Waals surface area contributed by atoms with Crippen molar-refractivity contribution in [1.82, 2.24) is 14.9 Å². The van der Waals surface area contributed by atoms with Gasteiger partial charge in [-0.25, -0.2) is 13.1 Å². The van der Waals surface area contributed by atoms with Crippen LogP contribution in [0.1, 0.15) is 40.0 Å². The zero-order chi connectivity index (χ0) is 17.6. The summed E-state index contributed by atoms with van der Waals surface area (Å²) in [5.74, 6) is 2.49. The third-order valence-corrected chi connectivity index (χ3v) is 7.12. The van der Waals surface area contributed by atoms with Crippen LogP contribution in [-0.2, 0) is 10.0 Å². The van der Waals surface area contributed by atoms with Crippen LogP contribution in [0.3, 0.4) is 0 Å². The maximum Gasteiger partial charge on any atom is 0.213 e. The Hall–Kier alpha value is 0.260. The average molecular weight is 505 g/mol. The molecule has 2 fully saturated rings. The van der Waals surface area contributed by atoms with Crippen molar-refractivity contribution in [3.8, 4) is 0 Å². The number of thioether (sulfide) groups is 1. The van der Waals surface area contributed by atoms with Crippen molar-refractivity contribution < 1.29 is 8.42 Å². The molecule has 0 unspecified atom stereocenters. The molecule has 1 aliphatic carbocycles. The summed E-state index contributed by atoms with van der Waals surface area (Å²) in [6.45, 7) is 10.1. The molecule has 1 aliphatic heterocycles. The van der Waals surface area contributed by atoms with Crippen LogP contribution in [0.25, 0.3) is 0 Å². The first kappa shape index (κ1) is 23.3. The van der Waals surface area contributed by atoms with Crippen molar-refractivity contribution in [2.75, 3.05) is 44.2 Å². The Morgan fingerprint density at radius 3 is 2.64 bits per heavy atom. The van der Waals surface area contributed by atoms with Crippen LogP contribution in [0, 0.1) is 5.92 Å². The van der Waals surface area contributed by atoms with Gasteiger partial charge in [-0.3, -0.25) is 4.99 Å². The second kappa shape index (κ2) is 10.6. The second-order valence-electron chi connectivity index (χ2n) is 7.23. The van der Waals surface area contributed by atoms with E-state index in [-0.39, 0.29) is 34.5 Å². The minimum Gasteiger partial charge on any atom is -0.357 e. The molecule has 1 saturated heterocycles. The van der Waals surface area contributed by atoms with Crippen molar-refractivity contribution in [3.63, 3.8) is 0 Å². The van der Waals surface area contributed by atoms with E-state index in [1.807, 2.05) is 18.7 Å². The van der Waals surface area contributed by atoms with E-state index in [1.165, 1.54) is 6.42 Å². The third kappa shape index (κ3) is 8.21. The van der Waals surface area contributed by atoms with Crippen LogP contribution < -0.4 is 10.0 Å². The minimum absolute atomic E-state index is 0. The Bertz CT molecular complexity index is 536. The monoisotopic (exact) mass is 504 g/mol. The van der Waals surface area contributed by atoms with E-state index in [0.717, 1.165) is 44.2 Å². The molecule has 0 aromatic heterocycles. The highest BCUT2D eigenvalue weighted by Gasteiger charge is 2.28. The molecular formula is C16H33IN4O2S2. The smallest absolute Gasteiger partial charge is 0.213 e. The van der Waals surface area contributed by atoms with E-state index in [1.54, 1.807) is 0 Å². The van der Waals surface area contributed by atoms with Crippen molar-refractivity contribution >= 4 is 51.7 Å². The number of aliphatic imine (C=N–C) groups is 1.